The number of nitrogens with one attached hydrogen (secondary N) is 2. The number of hydrogen-bond donors (Lipinski definition) is 4. The molecule has 224 valence electrons. The Kier molecular flexibility index (Phi) is 8.56. The molecular weight excluding hydrogens is 556 g/mol. The van der Waals surface area contributed by atoms with Gasteiger partial charge in [0.25, 0.3) is 0 Å². The number of ether oxygens (including phenoxy) is 2. The Labute approximate surface area is 230 Å². The summed E-state index contributed by atoms with van der Waals surface area (Å²) in [6, 6.07) is -3.94. The van der Waals surface area contributed by atoms with E-state index in [9.17, 15) is 27.6 Å². The molecular formula is C22H34N6O11S. The molecule has 0 aromatic carbocycles. The molecule has 2 aliphatic heterocycles. The third-order valence-corrected chi connectivity index (χ3v) is 5.96. The van der Waals surface area contributed by atoms with Crippen molar-refractivity contribution < 1.29 is 51.0 Å². The SMILES string of the molecule is CC(C)(C)OC(=O)NC(CCn1cc2c(n1)C(CNC(=O)O)N1CC2N(OS(=O)(=O)O)C1=O)C(=O)OC(C)(C)C. The van der Waals surface area contributed by atoms with Gasteiger partial charge in [0, 0.05) is 24.8 Å². The second-order valence-electron chi connectivity index (χ2n) is 11.2. The zero-order valence-electron chi connectivity index (χ0n) is 22.9. The second kappa shape index (κ2) is 11.1. The topological polar surface area (TPSA) is 219 Å². The van der Waals surface area contributed by atoms with Gasteiger partial charge in [0.15, 0.2) is 0 Å². The van der Waals surface area contributed by atoms with Crippen molar-refractivity contribution in [2.24, 2.45) is 0 Å². The number of rotatable bonds is 9. The van der Waals surface area contributed by atoms with Gasteiger partial charge in [-0.05, 0) is 48.0 Å². The fraction of sp³-hybridized carbons (Fsp3) is 0.682. The van der Waals surface area contributed by atoms with Gasteiger partial charge in [0.2, 0.25) is 0 Å². The number of carbonyl (C=O) groups is 4. The van der Waals surface area contributed by atoms with Gasteiger partial charge >= 0.3 is 34.6 Å². The largest absolute Gasteiger partial charge is 0.465 e. The fourth-order valence-corrected chi connectivity index (χ4v) is 4.59. The monoisotopic (exact) mass is 590 g/mol. The highest BCUT2D eigenvalue weighted by Gasteiger charge is 2.51. The lowest BCUT2D eigenvalue weighted by Gasteiger charge is -2.29. The molecule has 0 spiro atoms. The van der Waals surface area contributed by atoms with Crippen LogP contribution in [0.1, 0.15) is 71.3 Å². The summed E-state index contributed by atoms with van der Waals surface area (Å²) >= 11 is 0. The summed E-state index contributed by atoms with van der Waals surface area (Å²) in [4.78, 5) is 50.4. The Morgan fingerprint density at radius 2 is 1.77 bits per heavy atom. The Hall–Kier alpha value is -3.64. The average molecular weight is 591 g/mol. The van der Waals surface area contributed by atoms with Crippen LogP contribution in [0.4, 0.5) is 14.4 Å². The smallest absolute Gasteiger partial charge is 0.418 e. The molecule has 3 atom stereocenters. The summed E-state index contributed by atoms with van der Waals surface area (Å²) in [6.45, 7) is 9.74. The highest BCUT2D eigenvalue weighted by atomic mass is 32.3. The Bertz CT molecular complexity index is 1270. The van der Waals surface area contributed by atoms with Crippen LogP contribution in [0.2, 0.25) is 0 Å². The first-order chi connectivity index (χ1) is 18.2. The van der Waals surface area contributed by atoms with E-state index in [1.165, 1.54) is 15.8 Å². The third-order valence-electron chi connectivity index (χ3n) is 5.61. The number of esters is 1. The van der Waals surface area contributed by atoms with Crippen LogP contribution in [0.5, 0.6) is 0 Å². The quantitative estimate of drug-likeness (QED) is 0.236. The normalized spacial score (nSPS) is 19.6. The lowest BCUT2D eigenvalue weighted by molar-refractivity contribution is -0.157. The molecule has 1 fully saturated rings. The van der Waals surface area contributed by atoms with Crippen LogP contribution in [0, 0.1) is 0 Å². The van der Waals surface area contributed by atoms with Gasteiger partial charge in [-0.1, -0.05) is 0 Å². The number of carbonyl (C=O) groups excluding carboxylic acids is 3. The number of urea groups is 1. The number of hydroxylamine groups is 2. The Morgan fingerprint density at radius 1 is 1.15 bits per heavy atom. The van der Waals surface area contributed by atoms with Gasteiger partial charge in [-0.2, -0.15) is 18.6 Å². The number of carboxylic acid groups (broad SMARTS) is 1. The number of aryl methyl sites for hydroxylation is 1. The molecule has 3 heterocycles. The van der Waals surface area contributed by atoms with Crippen molar-refractivity contribution in [3.8, 4) is 0 Å². The fourth-order valence-electron chi connectivity index (χ4n) is 4.22. The van der Waals surface area contributed by atoms with E-state index in [0.29, 0.717) is 10.6 Å². The molecule has 40 heavy (non-hydrogen) atoms. The molecule has 1 aromatic rings. The van der Waals surface area contributed by atoms with Crippen LogP contribution >= 0.6 is 0 Å². The van der Waals surface area contributed by atoms with Crippen molar-refractivity contribution >= 4 is 34.6 Å². The molecule has 1 aromatic heterocycles. The van der Waals surface area contributed by atoms with Crippen molar-refractivity contribution in [1.29, 1.82) is 0 Å². The van der Waals surface area contributed by atoms with Crippen LogP contribution in [-0.2, 0) is 35.5 Å². The van der Waals surface area contributed by atoms with Crippen molar-refractivity contribution in [3.63, 3.8) is 0 Å². The number of alkyl carbamates (subject to hydrolysis) is 1. The Balaban J connectivity index is 1.87. The minimum absolute atomic E-state index is 0.00526. The molecule has 17 nitrogen and oxygen atoms in total. The van der Waals surface area contributed by atoms with E-state index < -0.39 is 63.9 Å². The first kappa shape index (κ1) is 30.9. The first-order valence-electron chi connectivity index (χ1n) is 12.3. The van der Waals surface area contributed by atoms with E-state index in [2.05, 4.69) is 20.0 Å². The van der Waals surface area contributed by atoms with Crippen molar-refractivity contribution in [2.75, 3.05) is 13.1 Å². The van der Waals surface area contributed by atoms with E-state index in [1.54, 1.807) is 41.5 Å². The average Bonchev–Trinajstić information content (AvgIpc) is 3.29. The number of nitrogens with zero attached hydrogens (tertiary/aromatic N) is 4. The molecule has 4 N–H and O–H groups in total. The molecule has 0 saturated carbocycles. The minimum Gasteiger partial charge on any atom is -0.465 e. The van der Waals surface area contributed by atoms with E-state index in [4.69, 9.17) is 19.1 Å². The Morgan fingerprint density at radius 3 is 2.33 bits per heavy atom. The lowest BCUT2D eigenvalue weighted by atomic mass is 9.98. The number of hydrogen-bond acceptors (Lipinski definition) is 10. The van der Waals surface area contributed by atoms with Crippen LogP contribution in [0.15, 0.2) is 6.20 Å². The van der Waals surface area contributed by atoms with Crippen LogP contribution in [-0.4, -0.2) is 92.3 Å². The molecule has 3 rings (SSSR count). The molecule has 2 bridgehead atoms. The summed E-state index contributed by atoms with van der Waals surface area (Å²) in [5, 5.41) is 18.7. The summed E-state index contributed by atoms with van der Waals surface area (Å²) < 4.78 is 48.5. The van der Waals surface area contributed by atoms with Gasteiger partial charge in [-0.3, -0.25) is 9.23 Å². The molecule has 4 amide bonds. The van der Waals surface area contributed by atoms with Crippen molar-refractivity contribution in [1.82, 2.24) is 30.4 Å². The lowest BCUT2D eigenvalue weighted by Crippen LogP contribution is -2.46. The summed E-state index contributed by atoms with van der Waals surface area (Å²) in [5.74, 6) is -0.706. The van der Waals surface area contributed by atoms with E-state index in [-0.39, 0.29) is 31.7 Å². The molecule has 0 radical (unpaired) electrons. The highest BCUT2D eigenvalue weighted by molar-refractivity contribution is 7.80. The maximum Gasteiger partial charge on any atom is 0.418 e. The standard InChI is InChI=1S/C22H34N6O11S/c1-21(2,3)37-17(29)13(24-19(32)38-22(4,5)6)7-8-26-10-12-15-11-27(20(33)28(15)39-40(34,35)36)14(16(12)25-26)9-23-18(30)31/h10,13-15,23H,7-9,11H2,1-6H3,(H,24,32)(H,30,31)(H,34,35,36). The van der Waals surface area contributed by atoms with Crippen molar-refractivity contribution in [2.45, 2.75) is 83.8 Å². The maximum absolute atomic E-state index is 12.9. The number of aromatic nitrogens is 2. The van der Waals surface area contributed by atoms with E-state index in [1.807, 2.05) is 0 Å². The second-order valence-corrected chi connectivity index (χ2v) is 12.2. The van der Waals surface area contributed by atoms with E-state index in [0.717, 1.165) is 0 Å². The maximum atomic E-state index is 12.9. The number of amides is 4. The predicted molar refractivity (Wildman–Crippen MR) is 134 cm³/mol. The van der Waals surface area contributed by atoms with Gasteiger partial charge in [0.05, 0.1) is 18.3 Å². The van der Waals surface area contributed by atoms with Gasteiger partial charge in [0.1, 0.15) is 23.3 Å². The highest BCUT2D eigenvalue weighted by Crippen LogP contribution is 2.43. The van der Waals surface area contributed by atoms with Gasteiger partial charge in [-0.25, -0.2) is 19.2 Å². The van der Waals surface area contributed by atoms with Crippen LogP contribution in [0.3, 0.4) is 0 Å². The van der Waals surface area contributed by atoms with Gasteiger partial charge < -0.3 is 30.1 Å². The number of fused-ring (bicyclic) bond motifs is 4. The molecule has 2 aliphatic rings. The predicted octanol–water partition coefficient (Wildman–Crippen LogP) is 1.34. The summed E-state index contributed by atoms with van der Waals surface area (Å²) in [6.07, 6.45) is -0.687. The van der Waals surface area contributed by atoms with Crippen LogP contribution in [0.25, 0.3) is 0 Å². The molecule has 18 heteroatoms. The summed E-state index contributed by atoms with van der Waals surface area (Å²) in [5.41, 5.74) is -1.05. The zero-order chi connectivity index (χ0) is 30.2. The molecule has 3 unspecified atom stereocenters. The minimum atomic E-state index is -5.05. The van der Waals surface area contributed by atoms with E-state index >= 15 is 0 Å². The van der Waals surface area contributed by atoms with Crippen LogP contribution < -0.4 is 10.6 Å². The molecule has 0 aliphatic carbocycles. The summed E-state index contributed by atoms with van der Waals surface area (Å²) in [7, 11) is -5.05. The molecule has 1 saturated heterocycles. The van der Waals surface area contributed by atoms with Gasteiger partial charge in [-0.15, -0.1) is 4.28 Å². The zero-order valence-corrected chi connectivity index (χ0v) is 23.7. The third kappa shape index (κ3) is 7.95. The van der Waals surface area contributed by atoms with Crippen molar-refractivity contribution in [3.05, 3.63) is 17.5 Å². The first-order valence-corrected chi connectivity index (χ1v) is 13.6.